The molecule has 0 aromatic heterocycles. The van der Waals surface area contributed by atoms with Crippen molar-refractivity contribution in [2.24, 2.45) is 5.73 Å². The molecule has 0 aromatic rings. The molecule has 0 aromatic carbocycles. The van der Waals surface area contributed by atoms with Crippen LogP contribution in [0.5, 0.6) is 0 Å². The van der Waals surface area contributed by atoms with Crippen molar-refractivity contribution < 1.29 is 0 Å². The van der Waals surface area contributed by atoms with Gasteiger partial charge in [0.1, 0.15) is 0 Å². The van der Waals surface area contributed by atoms with Crippen molar-refractivity contribution >= 4 is 0 Å². The fourth-order valence-electron chi connectivity index (χ4n) is 2.16. The molecule has 1 aliphatic heterocycles. The third kappa shape index (κ3) is 4.88. The molecule has 0 spiro atoms. The molecule has 3 heteroatoms. The monoisotopic (exact) mass is 225 g/mol. The Balaban J connectivity index is 2.11. The zero-order valence-electron chi connectivity index (χ0n) is 10.8. The van der Waals surface area contributed by atoms with E-state index in [1.165, 1.54) is 38.5 Å². The molecule has 2 unspecified atom stereocenters. The molecule has 0 saturated carbocycles. The van der Waals surface area contributed by atoms with E-state index in [1.807, 2.05) is 6.20 Å². The molecule has 0 bridgehead atoms. The van der Waals surface area contributed by atoms with Crippen molar-refractivity contribution in [2.75, 3.05) is 6.54 Å². The average molecular weight is 225 g/mol. The molecule has 0 amide bonds. The van der Waals surface area contributed by atoms with Crippen LogP contribution < -0.4 is 11.1 Å². The van der Waals surface area contributed by atoms with E-state index < -0.39 is 0 Å². The molecule has 94 valence electrons. The highest BCUT2D eigenvalue weighted by molar-refractivity contribution is 4.94. The standard InChI is InChI=1S/C13H27N3/c1-3-4-5-6-7-8-13-15-9-10-16(13)11-12(2)14/h9-10,12-13,15H,3-8,11,14H2,1-2H3. The lowest BCUT2D eigenvalue weighted by Gasteiger charge is -2.27. The second kappa shape index (κ2) is 7.55. The summed E-state index contributed by atoms with van der Waals surface area (Å²) >= 11 is 0. The molecule has 0 aliphatic carbocycles. The molecule has 1 aliphatic rings. The van der Waals surface area contributed by atoms with Crippen molar-refractivity contribution in [2.45, 2.75) is 64.6 Å². The molecule has 1 heterocycles. The predicted octanol–water partition coefficient (Wildman–Crippen LogP) is 2.40. The molecule has 0 radical (unpaired) electrons. The fourth-order valence-corrected chi connectivity index (χ4v) is 2.16. The summed E-state index contributed by atoms with van der Waals surface area (Å²) in [4.78, 5) is 2.32. The van der Waals surface area contributed by atoms with E-state index in [9.17, 15) is 0 Å². The summed E-state index contributed by atoms with van der Waals surface area (Å²) in [6.45, 7) is 5.26. The van der Waals surface area contributed by atoms with E-state index in [0.717, 1.165) is 6.54 Å². The van der Waals surface area contributed by atoms with Gasteiger partial charge in [-0.1, -0.05) is 32.6 Å². The van der Waals surface area contributed by atoms with Gasteiger partial charge in [-0.2, -0.15) is 0 Å². The second-order valence-electron chi connectivity index (χ2n) is 4.88. The predicted molar refractivity (Wildman–Crippen MR) is 69.8 cm³/mol. The number of nitrogens with one attached hydrogen (secondary N) is 1. The van der Waals surface area contributed by atoms with Crippen LogP contribution in [0.25, 0.3) is 0 Å². The largest absolute Gasteiger partial charge is 0.370 e. The van der Waals surface area contributed by atoms with Gasteiger partial charge in [-0.25, -0.2) is 0 Å². The summed E-state index contributed by atoms with van der Waals surface area (Å²) in [5, 5.41) is 3.39. The summed E-state index contributed by atoms with van der Waals surface area (Å²) in [6.07, 6.45) is 12.6. The number of nitrogens with two attached hydrogens (primary N) is 1. The van der Waals surface area contributed by atoms with Crippen molar-refractivity contribution in [3.05, 3.63) is 12.4 Å². The van der Waals surface area contributed by atoms with Gasteiger partial charge in [-0.3, -0.25) is 0 Å². The zero-order valence-corrected chi connectivity index (χ0v) is 10.8. The van der Waals surface area contributed by atoms with Crippen LogP contribution in [0.4, 0.5) is 0 Å². The Hall–Kier alpha value is -0.700. The Labute approximate surface area is 100 Å². The minimum Gasteiger partial charge on any atom is -0.370 e. The lowest BCUT2D eigenvalue weighted by molar-refractivity contribution is 0.248. The SMILES string of the molecule is CCCCCCCC1NC=CN1CC(C)N. The van der Waals surface area contributed by atoms with E-state index in [1.54, 1.807) is 0 Å². The summed E-state index contributed by atoms with van der Waals surface area (Å²) in [5.74, 6) is 0. The molecular formula is C13H27N3. The average Bonchev–Trinajstić information content (AvgIpc) is 2.64. The van der Waals surface area contributed by atoms with Crippen molar-refractivity contribution in [1.29, 1.82) is 0 Å². The van der Waals surface area contributed by atoms with Gasteiger partial charge in [0.15, 0.2) is 0 Å². The van der Waals surface area contributed by atoms with Crippen LogP contribution in [0.3, 0.4) is 0 Å². The van der Waals surface area contributed by atoms with Crippen molar-refractivity contribution in [3.8, 4) is 0 Å². The Morgan fingerprint density at radius 1 is 1.31 bits per heavy atom. The van der Waals surface area contributed by atoms with Gasteiger partial charge in [0, 0.05) is 25.0 Å². The van der Waals surface area contributed by atoms with E-state index >= 15 is 0 Å². The molecule has 0 fully saturated rings. The molecule has 2 atom stereocenters. The first-order valence-corrected chi connectivity index (χ1v) is 6.68. The van der Waals surface area contributed by atoms with Gasteiger partial charge in [0.25, 0.3) is 0 Å². The van der Waals surface area contributed by atoms with Gasteiger partial charge < -0.3 is 16.0 Å². The maximum Gasteiger partial charge on any atom is 0.0981 e. The summed E-state index contributed by atoms with van der Waals surface area (Å²) < 4.78 is 0. The molecule has 16 heavy (non-hydrogen) atoms. The van der Waals surface area contributed by atoms with Crippen LogP contribution in [0.2, 0.25) is 0 Å². The Morgan fingerprint density at radius 2 is 2.06 bits per heavy atom. The number of nitrogens with zero attached hydrogens (tertiary/aromatic N) is 1. The third-order valence-corrected chi connectivity index (χ3v) is 3.03. The zero-order chi connectivity index (χ0) is 11.8. The number of hydrogen-bond donors (Lipinski definition) is 2. The first-order valence-electron chi connectivity index (χ1n) is 6.68. The number of hydrogen-bond acceptors (Lipinski definition) is 3. The smallest absolute Gasteiger partial charge is 0.0981 e. The van der Waals surface area contributed by atoms with Gasteiger partial charge in [-0.05, 0) is 19.8 Å². The van der Waals surface area contributed by atoms with Crippen molar-refractivity contribution in [3.63, 3.8) is 0 Å². The highest BCUT2D eigenvalue weighted by atomic mass is 15.3. The summed E-state index contributed by atoms with van der Waals surface area (Å²) in [6, 6.07) is 0.243. The van der Waals surface area contributed by atoms with Crippen LogP contribution in [0.1, 0.15) is 52.4 Å². The van der Waals surface area contributed by atoms with Crippen LogP contribution in [0.15, 0.2) is 12.4 Å². The van der Waals surface area contributed by atoms with Crippen LogP contribution in [0, 0.1) is 0 Å². The maximum atomic E-state index is 5.83. The van der Waals surface area contributed by atoms with E-state index in [-0.39, 0.29) is 6.04 Å². The molecular weight excluding hydrogens is 198 g/mol. The Kier molecular flexibility index (Phi) is 6.31. The Morgan fingerprint density at radius 3 is 2.75 bits per heavy atom. The molecule has 0 saturated heterocycles. The number of unbranched alkanes of at least 4 members (excludes halogenated alkanes) is 4. The van der Waals surface area contributed by atoms with Gasteiger partial charge >= 0.3 is 0 Å². The van der Waals surface area contributed by atoms with Crippen LogP contribution in [-0.2, 0) is 0 Å². The minimum atomic E-state index is 0.243. The summed E-state index contributed by atoms with van der Waals surface area (Å²) in [5.41, 5.74) is 5.83. The van der Waals surface area contributed by atoms with Gasteiger partial charge in [0.05, 0.1) is 6.17 Å². The van der Waals surface area contributed by atoms with E-state index in [0.29, 0.717) is 6.17 Å². The molecule has 1 rings (SSSR count). The van der Waals surface area contributed by atoms with Gasteiger partial charge in [0.2, 0.25) is 0 Å². The maximum absolute atomic E-state index is 5.83. The third-order valence-electron chi connectivity index (χ3n) is 3.03. The lowest BCUT2D eigenvalue weighted by atomic mass is 10.1. The van der Waals surface area contributed by atoms with Crippen LogP contribution >= 0.6 is 0 Å². The van der Waals surface area contributed by atoms with Crippen molar-refractivity contribution in [1.82, 2.24) is 10.2 Å². The highest BCUT2D eigenvalue weighted by Crippen LogP contribution is 2.13. The minimum absolute atomic E-state index is 0.243. The topological polar surface area (TPSA) is 41.3 Å². The van der Waals surface area contributed by atoms with E-state index in [4.69, 9.17) is 5.73 Å². The highest BCUT2D eigenvalue weighted by Gasteiger charge is 2.18. The number of rotatable bonds is 8. The Bertz CT molecular complexity index is 201. The normalized spacial score (nSPS) is 21.2. The van der Waals surface area contributed by atoms with Crippen LogP contribution in [-0.4, -0.2) is 23.7 Å². The van der Waals surface area contributed by atoms with E-state index in [2.05, 4.69) is 30.3 Å². The lowest BCUT2D eigenvalue weighted by Crippen LogP contribution is -2.41. The first-order chi connectivity index (χ1) is 7.74. The molecule has 3 nitrogen and oxygen atoms in total. The fraction of sp³-hybridized carbons (Fsp3) is 0.846. The quantitative estimate of drug-likeness (QED) is 0.623. The first kappa shape index (κ1) is 13.4. The molecule has 3 N–H and O–H groups in total. The van der Waals surface area contributed by atoms with Gasteiger partial charge in [-0.15, -0.1) is 0 Å². The summed E-state index contributed by atoms with van der Waals surface area (Å²) in [7, 11) is 0. The second-order valence-corrected chi connectivity index (χ2v) is 4.88.